The summed E-state index contributed by atoms with van der Waals surface area (Å²) in [5.74, 6) is 1.38. The molecule has 0 bridgehead atoms. The number of nitrogens with one attached hydrogen (secondary N) is 2. The first-order valence-corrected chi connectivity index (χ1v) is 7.09. The first-order valence-electron chi connectivity index (χ1n) is 7.09. The number of benzene rings is 1. The normalized spacial score (nSPS) is 17.6. The van der Waals surface area contributed by atoms with E-state index in [4.69, 9.17) is 0 Å². The molecule has 0 saturated heterocycles. The van der Waals surface area contributed by atoms with Crippen LogP contribution in [0.4, 0.5) is 11.5 Å². The van der Waals surface area contributed by atoms with Crippen LogP contribution in [0.3, 0.4) is 0 Å². The third kappa shape index (κ3) is 3.02. The smallest absolute Gasteiger partial charge is 0.246 e. The molecule has 2 aromatic rings. The van der Waals surface area contributed by atoms with Crippen molar-refractivity contribution < 1.29 is 4.79 Å². The molecule has 1 aliphatic heterocycles. The molecule has 1 unspecified atom stereocenters. The maximum Gasteiger partial charge on any atom is 0.246 e. The number of carbonyl (C=O) groups excluding carboxylic acids is 1. The van der Waals surface area contributed by atoms with Gasteiger partial charge in [-0.1, -0.05) is 18.2 Å². The maximum absolute atomic E-state index is 12.3. The lowest BCUT2D eigenvalue weighted by molar-refractivity contribution is -0.116. The molecule has 1 amide bonds. The zero-order valence-corrected chi connectivity index (χ0v) is 12.2. The van der Waals surface area contributed by atoms with Gasteiger partial charge in [-0.2, -0.15) is 0 Å². The second-order valence-corrected chi connectivity index (χ2v) is 5.32. The van der Waals surface area contributed by atoms with Gasteiger partial charge in [-0.25, -0.2) is 9.97 Å². The van der Waals surface area contributed by atoms with Crippen molar-refractivity contribution in [1.29, 1.82) is 0 Å². The lowest BCUT2D eigenvalue weighted by Crippen LogP contribution is -2.34. The molecule has 5 nitrogen and oxygen atoms in total. The van der Waals surface area contributed by atoms with Gasteiger partial charge >= 0.3 is 0 Å². The van der Waals surface area contributed by atoms with Crippen LogP contribution in [0.2, 0.25) is 0 Å². The molecule has 21 heavy (non-hydrogen) atoms. The van der Waals surface area contributed by atoms with E-state index in [9.17, 15) is 4.79 Å². The second kappa shape index (κ2) is 5.52. The first kappa shape index (κ1) is 13.5. The number of anilines is 2. The monoisotopic (exact) mass is 282 g/mol. The van der Waals surface area contributed by atoms with Gasteiger partial charge in [0.2, 0.25) is 5.91 Å². The standard InChI is InChI=1S/C16H18N4O/c1-10-9-15(18-11(2)17-10)19-14-8-7-12-5-3-4-6-13(12)20-16(14)21/h3-6,9,14H,7-8H2,1-2H3,(H,20,21)(H,17,18,19). The quantitative estimate of drug-likeness (QED) is 0.888. The molecular weight excluding hydrogens is 264 g/mol. The summed E-state index contributed by atoms with van der Waals surface area (Å²) in [7, 11) is 0. The number of hydrogen-bond acceptors (Lipinski definition) is 4. The van der Waals surface area contributed by atoms with E-state index in [-0.39, 0.29) is 11.9 Å². The van der Waals surface area contributed by atoms with Crippen LogP contribution in [0.5, 0.6) is 0 Å². The van der Waals surface area contributed by atoms with Crippen molar-refractivity contribution in [3.8, 4) is 0 Å². The highest BCUT2D eigenvalue weighted by Gasteiger charge is 2.23. The van der Waals surface area contributed by atoms with Crippen molar-refractivity contribution in [2.75, 3.05) is 10.6 Å². The van der Waals surface area contributed by atoms with Crippen molar-refractivity contribution in [2.24, 2.45) is 0 Å². The summed E-state index contributed by atoms with van der Waals surface area (Å²) in [5.41, 5.74) is 2.97. The van der Waals surface area contributed by atoms with Crippen molar-refractivity contribution in [3.05, 3.63) is 47.4 Å². The zero-order chi connectivity index (χ0) is 14.8. The number of amides is 1. The van der Waals surface area contributed by atoms with Crippen molar-refractivity contribution in [3.63, 3.8) is 0 Å². The summed E-state index contributed by atoms with van der Waals surface area (Å²) < 4.78 is 0. The van der Waals surface area contributed by atoms with E-state index in [1.807, 2.05) is 38.1 Å². The van der Waals surface area contributed by atoms with Gasteiger partial charge in [0.1, 0.15) is 17.7 Å². The van der Waals surface area contributed by atoms with E-state index < -0.39 is 0 Å². The Morgan fingerprint density at radius 1 is 1.24 bits per heavy atom. The second-order valence-electron chi connectivity index (χ2n) is 5.32. The summed E-state index contributed by atoms with van der Waals surface area (Å²) in [5, 5.41) is 6.20. The predicted octanol–water partition coefficient (Wildman–Crippen LogP) is 2.46. The number of aryl methyl sites for hydroxylation is 3. The number of para-hydroxylation sites is 1. The highest BCUT2D eigenvalue weighted by molar-refractivity contribution is 5.97. The van der Waals surface area contributed by atoms with Crippen LogP contribution in [-0.4, -0.2) is 21.9 Å². The highest BCUT2D eigenvalue weighted by atomic mass is 16.2. The zero-order valence-electron chi connectivity index (χ0n) is 12.2. The van der Waals surface area contributed by atoms with Gasteiger partial charge in [-0.15, -0.1) is 0 Å². The molecular formula is C16H18N4O. The molecule has 1 aromatic carbocycles. The molecule has 1 aliphatic rings. The number of nitrogens with zero attached hydrogens (tertiary/aromatic N) is 2. The van der Waals surface area contributed by atoms with E-state index >= 15 is 0 Å². The average Bonchev–Trinajstić information content (AvgIpc) is 2.58. The Bertz CT molecular complexity index is 663. The summed E-state index contributed by atoms with van der Waals surface area (Å²) in [4.78, 5) is 20.9. The van der Waals surface area contributed by atoms with E-state index in [1.165, 1.54) is 5.56 Å². The van der Waals surface area contributed by atoms with Crippen LogP contribution < -0.4 is 10.6 Å². The predicted molar refractivity (Wildman–Crippen MR) is 82.3 cm³/mol. The Morgan fingerprint density at radius 2 is 2.05 bits per heavy atom. The van der Waals surface area contributed by atoms with Gasteiger partial charge < -0.3 is 10.6 Å². The van der Waals surface area contributed by atoms with Gasteiger partial charge in [0.25, 0.3) is 0 Å². The molecule has 0 aliphatic carbocycles. The highest BCUT2D eigenvalue weighted by Crippen LogP contribution is 2.22. The largest absolute Gasteiger partial charge is 0.358 e. The Labute approximate surface area is 123 Å². The van der Waals surface area contributed by atoms with Crippen molar-refractivity contribution in [2.45, 2.75) is 32.7 Å². The number of aromatic nitrogens is 2. The van der Waals surface area contributed by atoms with E-state index in [0.29, 0.717) is 11.6 Å². The van der Waals surface area contributed by atoms with E-state index in [1.54, 1.807) is 0 Å². The van der Waals surface area contributed by atoms with Crippen LogP contribution in [0.15, 0.2) is 30.3 Å². The molecule has 1 atom stereocenters. The molecule has 0 spiro atoms. The minimum atomic E-state index is -0.286. The lowest BCUT2D eigenvalue weighted by atomic mass is 10.1. The van der Waals surface area contributed by atoms with Crippen molar-refractivity contribution >= 4 is 17.4 Å². The van der Waals surface area contributed by atoms with E-state index in [2.05, 4.69) is 26.7 Å². The fourth-order valence-corrected chi connectivity index (χ4v) is 2.62. The van der Waals surface area contributed by atoms with Crippen LogP contribution in [-0.2, 0) is 11.2 Å². The van der Waals surface area contributed by atoms with Crippen molar-refractivity contribution in [1.82, 2.24) is 9.97 Å². The Hall–Kier alpha value is -2.43. The molecule has 0 radical (unpaired) electrons. The molecule has 5 heteroatoms. The Balaban J connectivity index is 1.79. The van der Waals surface area contributed by atoms with Gasteiger partial charge in [0, 0.05) is 17.4 Å². The fourth-order valence-electron chi connectivity index (χ4n) is 2.62. The van der Waals surface area contributed by atoms with Crippen LogP contribution in [0.25, 0.3) is 0 Å². The SMILES string of the molecule is Cc1cc(NC2CCc3ccccc3NC2=O)nc(C)n1. The summed E-state index contributed by atoms with van der Waals surface area (Å²) in [6.45, 7) is 3.77. The van der Waals surface area contributed by atoms with Gasteiger partial charge in [-0.3, -0.25) is 4.79 Å². The van der Waals surface area contributed by atoms with Gasteiger partial charge in [-0.05, 0) is 38.3 Å². The lowest BCUT2D eigenvalue weighted by Gasteiger charge is -2.16. The van der Waals surface area contributed by atoms with Crippen LogP contribution >= 0.6 is 0 Å². The molecule has 1 aromatic heterocycles. The topological polar surface area (TPSA) is 66.9 Å². The third-order valence-corrected chi connectivity index (χ3v) is 3.58. The summed E-state index contributed by atoms with van der Waals surface area (Å²) in [6.07, 6.45) is 1.60. The number of carbonyl (C=O) groups is 1. The molecule has 0 saturated carbocycles. The van der Waals surface area contributed by atoms with Gasteiger partial charge in [0.05, 0.1) is 0 Å². The molecule has 2 N–H and O–H groups in total. The minimum Gasteiger partial charge on any atom is -0.358 e. The molecule has 2 heterocycles. The van der Waals surface area contributed by atoms with Gasteiger partial charge in [0.15, 0.2) is 0 Å². The molecule has 3 rings (SSSR count). The summed E-state index contributed by atoms with van der Waals surface area (Å²) >= 11 is 0. The number of hydrogen-bond donors (Lipinski definition) is 2. The Morgan fingerprint density at radius 3 is 2.86 bits per heavy atom. The summed E-state index contributed by atoms with van der Waals surface area (Å²) in [6, 6.07) is 9.50. The fraction of sp³-hybridized carbons (Fsp3) is 0.312. The third-order valence-electron chi connectivity index (χ3n) is 3.58. The average molecular weight is 282 g/mol. The van der Waals surface area contributed by atoms with Crippen LogP contribution in [0.1, 0.15) is 23.5 Å². The molecule has 108 valence electrons. The minimum absolute atomic E-state index is 0.0196. The first-order chi connectivity index (χ1) is 10.1. The Kier molecular flexibility index (Phi) is 3.56. The number of fused-ring (bicyclic) bond motifs is 1. The maximum atomic E-state index is 12.3. The number of rotatable bonds is 2. The van der Waals surface area contributed by atoms with Crippen LogP contribution in [0, 0.1) is 13.8 Å². The molecule has 0 fully saturated rings. The van der Waals surface area contributed by atoms with E-state index in [0.717, 1.165) is 24.2 Å².